The lowest BCUT2D eigenvalue weighted by Gasteiger charge is -2.34. The maximum absolute atomic E-state index is 12.6. The third kappa shape index (κ3) is 5.05. The first kappa shape index (κ1) is 19.9. The molecule has 6 heteroatoms. The molecule has 1 aromatic rings. The van der Waals surface area contributed by atoms with Crippen molar-refractivity contribution in [2.45, 2.75) is 46.5 Å². The summed E-state index contributed by atoms with van der Waals surface area (Å²) in [4.78, 5) is 14.4. The van der Waals surface area contributed by atoms with Gasteiger partial charge in [0.15, 0.2) is 0 Å². The van der Waals surface area contributed by atoms with Crippen LogP contribution in [0.3, 0.4) is 0 Å². The van der Waals surface area contributed by atoms with Gasteiger partial charge < -0.3 is 4.90 Å². The minimum Gasteiger partial charge on any atom is -0.340 e. The van der Waals surface area contributed by atoms with Crippen molar-refractivity contribution in [2.24, 2.45) is 0 Å². The smallest absolute Gasteiger partial charge is 0.227 e. The lowest BCUT2D eigenvalue weighted by molar-refractivity contribution is -0.131. The third-order valence-corrected chi connectivity index (χ3v) is 6.90. The summed E-state index contributed by atoms with van der Waals surface area (Å²) in [5.41, 5.74) is 3.43. The molecular formula is C19H30N2O3S. The molecule has 140 valence electrons. The maximum atomic E-state index is 12.6. The molecule has 2 rings (SSSR count). The van der Waals surface area contributed by atoms with Gasteiger partial charge in [0.1, 0.15) is 0 Å². The molecule has 0 saturated carbocycles. The Kier molecular flexibility index (Phi) is 6.63. The van der Waals surface area contributed by atoms with Crippen LogP contribution in [0.1, 0.15) is 49.8 Å². The predicted molar refractivity (Wildman–Crippen MR) is 101 cm³/mol. The molecule has 0 N–H and O–H groups in total. The third-order valence-electron chi connectivity index (χ3n) is 4.83. The summed E-state index contributed by atoms with van der Waals surface area (Å²) in [7, 11) is -3.17. The van der Waals surface area contributed by atoms with Gasteiger partial charge in [-0.2, -0.15) is 4.31 Å². The molecule has 1 aromatic carbocycles. The van der Waals surface area contributed by atoms with Gasteiger partial charge in [-0.1, -0.05) is 39.0 Å². The second-order valence-corrected chi connectivity index (χ2v) is 9.20. The highest BCUT2D eigenvalue weighted by Gasteiger charge is 2.28. The summed E-state index contributed by atoms with van der Waals surface area (Å²) in [6.07, 6.45) is 1.00. The number of nitrogens with zero attached hydrogens (tertiary/aromatic N) is 2. The van der Waals surface area contributed by atoms with E-state index in [0.717, 1.165) is 11.1 Å². The monoisotopic (exact) mass is 366 g/mol. The fraction of sp³-hybridized carbons (Fsp3) is 0.632. The van der Waals surface area contributed by atoms with Crippen LogP contribution < -0.4 is 0 Å². The molecule has 0 bridgehead atoms. The van der Waals surface area contributed by atoms with Crippen molar-refractivity contribution >= 4 is 15.9 Å². The van der Waals surface area contributed by atoms with E-state index in [0.29, 0.717) is 44.9 Å². The van der Waals surface area contributed by atoms with Crippen LogP contribution in [0.5, 0.6) is 0 Å². The highest BCUT2D eigenvalue weighted by Crippen LogP contribution is 2.20. The van der Waals surface area contributed by atoms with Gasteiger partial charge in [0.05, 0.1) is 12.2 Å². The molecule has 0 radical (unpaired) electrons. The summed E-state index contributed by atoms with van der Waals surface area (Å²) >= 11 is 0. The van der Waals surface area contributed by atoms with Crippen LogP contribution in [0.2, 0.25) is 0 Å². The van der Waals surface area contributed by atoms with Crippen molar-refractivity contribution in [1.29, 1.82) is 0 Å². The highest BCUT2D eigenvalue weighted by atomic mass is 32.2. The Balaban J connectivity index is 1.99. The Morgan fingerprint density at radius 3 is 2.36 bits per heavy atom. The van der Waals surface area contributed by atoms with Gasteiger partial charge in [-0.3, -0.25) is 4.79 Å². The number of hydrogen-bond acceptors (Lipinski definition) is 3. The molecule has 1 saturated heterocycles. The molecule has 25 heavy (non-hydrogen) atoms. The first-order valence-electron chi connectivity index (χ1n) is 9.09. The van der Waals surface area contributed by atoms with Crippen LogP contribution in [-0.4, -0.2) is 55.5 Å². The molecule has 0 aromatic heterocycles. The number of aryl methyl sites for hydroxylation is 1. The predicted octanol–water partition coefficient (Wildman–Crippen LogP) is 2.54. The Hall–Kier alpha value is -1.40. The van der Waals surface area contributed by atoms with E-state index in [1.807, 2.05) is 13.8 Å². The summed E-state index contributed by atoms with van der Waals surface area (Å²) in [5.74, 6) is 0.695. The Morgan fingerprint density at radius 1 is 1.16 bits per heavy atom. The van der Waals surface area contributed by atoms with E-state index in [1.54, 1.807) is 4.90 Å². The van der Waals surface area contributed by atoms with E-state index in [-0.39, 0.29) is 11.7 Å². The molecule has 1 aliphatic rings. The first-order chi connectivity index (χ1) is 11.7. The number of amides is 1. The van der Waals surface area contributed by atoms with Gasteiger partial charge in [0, 0.05) is 26.2 Å². The quantitative estimate of drug-likeness (QED) is 0.777. The lowest BCUT2D eigenvalue weighted by atomic mass is 9.96. The zero-order valence-corrected chi connectivity index (χ0v) is 16.6. The van der Waals surface area contributed by atoms with E-state index in [2.05, 4.69) is 32.0 Å². The molecule has 1 fully saturated rings. The second-order valence-electron chi connectivity index (χ2n) is 7.11. The maximum Gasteiger partial charge on any atom is 0.227 e. The van der Waals surface area contributed by atoms with Crippen molar-refractivity contribution in [1.82, 2.24) is 9.21 Å². The zero-order chi connectivity index (χ0) is 18.6. The number of hydrogen-bond donors (Lipinski definition) is 0. The molecule has 0 aliphatic carbocycles. The number of carbonyl (C=O) groups excluding carboxylic acids is 1. The van der Waals surface area contributed by atoms with Crippen molar-refractivity contribution < 1.29 is 13.2 Å². The van der Waals surface area contributed by atoms with E-state index in [9.17, 15) is 13.2 Å². The van der Waals surface area contributed by atoms with E-state index < -0.39 is 10.0 Å². The fourth-order valence-electron chi connectivity index (χ4n) is 3.12. The molecular weight excluding hydrogens is 336 g/mol. The normalized spacial score (nSPS) is 16.4. The van der Waals surface area contributed by atoms with Crippen LogP contribution in [0.4, 0.5) is 0 Å². The van der Waals surface area contributed by atoms with Gasteiger partial charge >= 0.3 is 0 Å². The Labute approximate surface area is 152 Å². The topological polar surface area (TPSA) is 57.7 Å². The molecule has 1 heterocycles. The van der Waals surface area contributed by atoms with Crippen LogP contribution in [0, 0.1) is 6.92 Å². The standard InChI is InChI=1S/C19H30N2O3S/c1-5-12-25(23,24)21-10-8-20(9-11-21)19(22)14-18-13-17(15(2)3)7-6-16(18)4/h6-7,13,15H,5,8-12,14H2,1-4H3. The van der Waals surface area contributed by atoms with Crippen LogP contribution in [0.25, 0.3) is 0 Å². The van der Waals surface area contributed by atoms with E-state index in [1.165, 1.54) is 9.87 Å². The van der Waals surface area contributed by atoms with Crippen molar-refractivity contribution in [3.63, 3.8) is 0 Å². The fourth-order valence-corrected chi connectivity index (χ4v) is 4.61. The van der Waals surface area contributed by atoms with Crippen molar-refractivity contribution in [3.8, 4) is 0 Å². The Bertz CT molecular complexity index is 705. The molecule has 5 nitrogen and oxygen atoms in total. The van der Waals surface area contributed by atoms with Crippen LogP contribution in [-0.2, 0) is 21.2 Å². The van der Waals surface area contributed by atoms with Gasteiger partial charge in [0.2, 0.25) is 15.9 Å². The number of carbonyl (C=O) groups is 1. The second kappa shape index (κ2) is 8.32. The number of sulfonamides is 1. The first-order valence-corrected chi connectivity index (χ1v) is 10.7. The molecule has 0 unspecified atom stereocenters. The molecule has 0 spiro atoms. The zero-order valence-electron chi connectivity index (χ0n) is 15.8. The minimum absolute atomic E-state index is 0.0801. The van der Waals surface area contributed by atoms with Gasteiger partial charge in [-0.25, -0.2) is 8.42 Å². The van der Waals surface area contributed by atoms with E-state index >= 15 is 0 Å². The van der Waals surface area contributed by atoms with Crippen LogP contribution >= 0.6 is 0 Å². The van der Waals surface area contributed by atoms with Gasteiger partial charge in [-0.15, -0.1) is 0 Å². The van der Waals surface area contributed by atoms with Gasteiger partial charge in [0.25, 0.3) is 0 Å². The average Bonchev–Trinajstić information content (AvgIpc) is 2.56. The molecule has 1 aliphatic heterocycles. The summed E-state index contributed by atoms with van der Waals surface area (Å²) in [6.45, 7) is 9.94. The number of piperazine rings is 1. The average molecular weight is 367 g/mol. The van der Waals surface area contributed by atoms with Crippen LogP contribution in [0.15, 0.2) is 18.2 Å². The SMILES string of the molecule is CCCS(=O)(=O)N1CCN(C(=O)Cc2cc(C(C)C)ccc2C)CC1. The minimum atomic E-state index is -3.17. The molecule has 1 amide bonds. The van der Waals surface area contributed by atoms with Gasteiger partial charge in [-0.05, 0) is 36.0 Å². The largest absolute Gasteiger partial charge is 0.340 e. The number of rotatable bonds is 6. The Morgan fingerprint density at radius 2 is 1.80 bits per heavy atom. The number of benzene rings is 1. The molecule has 0 atom stereocenters. The van der Waals surface area contributed by atoms with E-state index in [4.69, 9.17) is 0 Å². The summed E-state index contributed by atoms with van der Waals surface area (Å²) in [5, 5.41) is 0. The van der Waals surface area contributed by atoms with Crippen molar-refractivity contribution in [3.05, 3.63) is 34.9 Å². The summed E-state index contributed by atoms with van der Waals surface area (Å²) < 4.78 is 25.8. The highest BCUT2D eigenvalue weighted by molar-refractivity contribution is 7.89. The lowest BCUT2D eigenvalue weighted by Crippen LogP contribution is -2.51. The van der Waals surface area contributed by atoms with Crippen molar-refractivity contribution in [2.75, 3.05) is 31.9 Å². The summed E-state index contributed by atoms with van der Waals surface area (Å²) in [6, 6.07) is 6.32.